The number of benzene rings is 1. The molecule has 2 heterocycles. The average Bonchev–Trinajstić information content (AvgIpc) is 3.00. The molecule has 1 aliphatic heterocycles. The van der Waals surface area contributed by atoms with Crippen molar-refractivity contribution < 1.29 is 9.69 Å². The van der Waals surface area contributed by atoms with Gasteiger partial charge in [0.1, 0.15) is 6.54 Å². The van der Waals surface area contributed by atoms with E-state index in [9.17, 15) is 4.79 Å². The van der Waals surface area contributed by atoms with Gasteiger partial charge in [-0.05, 0) is 57.6 Å². The zero-order valence-electron chi connectivity index (χ0n) is 11.7. The molecule has 1 N–H and O–H groups in total. The number of piperazine rings is 1. The van der Waals surface area contributed by atoms with E-state index >= 15 is 0 Å². The molecule has 0 radical (unpaired) electrons. The Hall–Kier alpha value is -0.920. The minimum Gasteiger partial charge on any atom is -0.328 e. The summed E-state index contributed by atoms with van der Waals surface area (Å²) in [4.78, 5) is 16.0. The van der Waals surface area contributed by atoms with Crippen LogP contribution in [0.25, 0.3) is 0 Å². The van der Waals surface area contributed by atoms with Gasteiger partial charge in [0.15, 0.2) is 0 Å². The number of hydrogen-bond donors (Lipinski definition) is 1. The van der Waals surface area contributed by atoms with E-state index in [1.165, 1.54) is 5.56 Å². The predicted octanol–water partition coefficient (Wildman–Crippen LogP) is 1.89. The molecule has 0 spiro atoms. The Morgan fingerprint density at radius 2 is 2.10 bits per heavy atom. The molecule has 1 aromatic carbocycles. The molecule has 21 heavy (non-hydrogen) atoms. The predicted molar refractivity (Wildman–Crippen MR) is 93.8 cm³/mol. The third-order valence-corrected chi connectivity index (χ3v) is 5.27. The van der Waals surface area contributed by atoms with E-state index < -0.39 is 0 Å². The van der Waals surface area contributed by atoms with Crippen LogP contribution in [0.5, 0.6) is 0 Å². The van der Waals surface area contributed by atoms with Gasteiger partial charge < -0.3 is 9.80 Å². The van der Waals surface area contributed by atoms with Gasteiger partial charge in [-0.1, -0.05) is 6.07 Å². The van der Waals surface area contributed by atoms with Crippen LogP contribution in [0.3, 0.4) is 0 Å². The van der Waals surface area contributed by atoms with Crippen LogP contribution in [0.2, 0.25) is 0 Å². The van der Waals surface area contributed by atoms with E-state index in [0.717, 1.165) is 41.9 Å². The van der Waals surface area contributed by atoms with Gasteiger partial charge in [-0.25, -0.2) is 0 Å². The summed E-state index contributed by atoms with van der Waals surface area (Å²) in [5.74, 6) is 0.170. The van der Waals surface area contributed by atoms with Crippen LogP contribution in [0.15, 0.2) is 41.1 Å². The van der Waals surface area contributed by atoms with Crippen molar-refractivity contribution in [1.29, 1.82) is 0 Å². The molecule has 1 saturated heterocycles. The second-order valence-electron chi connectivity index (χ2n) is 5.36. The van der Waals surface area contributed by atoms with Crippen LogP contribution in [0.1, 0.15) is 15.9 Å². The molecule has 0 saturated carbocycles. The lowest BCUT2D eigenvalue weighted by atomic mass is 10.2. The molecule has 110 valence electrons. The van der Waals surface area contributed by atoms with Crippen LogP contribution in [-0.2, 0) is 6.54 Å². The first-order valence-corrected chi connectivity index (χ1v) is 9.14. The van der Waals surface area contributed by atoms with Crippen molar-refractivity contribution in [2.75, 3.05) is 26.2 Å². The molecule has 0 atom stereocenters. The smallest absolute Gasteiger partial charge is 0.254 e. The fraction of sp³-hybridized carbons (Fsp3) is 0.312. The quantitative estimate of drug-likeness (QED) is 0.765. The van der Waals surface area contributed by atoms with Gasteiger partial charge in [0.25, 0.3) is 5.91 Å². The summed E-state index contributed by atoms with van der Waals surface area (Å²) in [6, 6.07) is 10.0. The number of amides is 1. The number of thiophene rings is 1. The van der Waals surface area contributed by atoms with E-state index in [4.69, 9.17) is 0 Å². The van der Waals surface area contributed by atoms with Gasteiger partial charge in [0.05, 0.1) is 26.2 Å². The maximum Gasteiger partial charge on any atom is 0.254 e. The molecule has 3 nitrogen and oxygen atoms in total. The average molecular weight is 413 g/mol. The molecule has 1 aliphatic rings. The van der Waals surface area contributed by atoms with E-state index in [1.807, 2.05) is 29.2 Å². The van der Waals surface area contributed by atoms with Gasteiger partial charge in [-0.3, -0.25) is 4.79 Å². The summed E-state index contributed by atoms with van der Waals surface area (Å²) in [5.41, 5.74) is 2.22. The van der Waals surface area contributed by atoms with Crippen LogP contribution in [0.4, 0.5) is 0 Å². The summed E-state index contributed by atoms with van der Waals surface area (Å²) < 4.78 is 1.11. The number of halogens is 1. The highest BCUT2D eigenvalue weighted by Gasteiger charge is 2.24. The third-order valence-electron chi connectivity index (χ3n) is 3.86. The van der Waals surface area contributed by atoms with E-state index in [1.54, 1.807) is 16.2 Å². The Morgan fingerprint density at radius 3 is 2.76 bits per heavy atom. The first kappa shape index (κ1) is 15.0. The Bertz CT molecular complexity index is 606. The van der Waals surface area contributed by atoms with Crippen LogP contribution >= 0.6 is 33.9 Å². The first-order chi connectivity index (χ1) is 10.2. The second kappa shape index (κ2) is 6.89. The van der Waals surface area contributed by atoms with E-state index in [0.29, 0.717) is 0 Å². The molecule has 0 aliphatic carbocycles. The minimum absolute atomic E-state index is 0.170. The highest BCUT2D eigenvalue weighted by molar-refractivity contribution is 14.1. The minimum atomic E-state index is 0.170. The van der Waals surface area contributed by atoms with Crippen molar-refractivity contribution >= 4 is 39.8 Å². The monoisotopic (exact) mass is 413 g/mol. The molecule has 3 rings (SSSR count). The SMILES string of the molecule is O=C(c1cccc(I)c1)N1CC[NH+](Cc2ccsc2)CC1. The molecule has 5 heteroatoms. The maximum atomic E-state index is 12.5. The van der Waals surface area contributed by atoms with Crippen molar-refractivity contribution in [2.45, 2.75) is 6.54 Å². The standard InChI is InChI=1S/C16H17IN2OS/c17-15-3-1-2-14(10-15)16(20)19-7-5-18(6-8-19)11-13-4-9-21-12-13/h1-4,9-10,12H,5-8,11H2/p+1. The van der Waals surface area contributed by atoms with Crippen molar-refractivity contribution in [3.05, 3.63) is 55.8 Å². The number of carbonyl (C=O) groups is 1. The number of nitrogens with zero attached hydrogens (tertiary/aromatic N) is 1. The molecular weight excluding hydrogens is 395 g/mol. The van der Waals surface area contributed by atoms with Gasteiger partial charge >= 0.3 is 0 Å². The van der Waals surface area contributed by atoms with Gasteiger partial charge in [0, 0.05) is 14.7 Å². The number of nitrogens with one attached hydrogen (secondary N) is 1. The summed E-state index contributed by atoms with van der Waals surface area (Å²) in [5, 5.41) is 4.35. The molecule has 1 aromatic heterocycles. The number of carbonyl (C=O) groups excluding carboxylic acids is 1. The van der Waals surface area contributed by atoms with Crippen molar-refractivity contribution in [1.82, 2.24) is 4.90 Å². The van der Waals surface area contributed by atoms with Gasteiger partial charge in [0.2, 0.25) is 0 Å². The lowest BCUT2D eigenvalue weighted by Crippen LogP contribution is -3.13. The van der Waals surface area contributed by atoms with Crippen LogP contribution < -0.4 is 4.90 Å². The molecule has 1 amide bonds. The summed E-state index contributed by atoms with van der Waals surface area (Å²) in [7, 11) is 0. The summed E-state index contributed by atoms with van der Waals surface area (Å²) >= 11 is 4.00. The van der Waals surface area contributed by atoms with E-state index in [-0.39, 0.29) is 5.91 Å². The summed E-state index contributed by atoms with van der Waals surface area (Å²) in [6.07, 6.45) is 0. The fourth-order valence-corrected chi connectivity index (χ4v) is 3.90. The van der Waals surface area contributed by atoms with E-state index in [2.05, 4.69) is 39.4 Å². The Balaban J connectivity index is 1.57. The number of hydrogen-bond acceptors (Lipinski definition) is 2. The topological polar surface area (TPSA) is 24.8 Å². The van der Waals surface area contributed by atoms with Crippen molar-refractivity contribution in [3.63, 3.8) is 0 Å². The van der Waals surface area contributed by atoms with Crippen LogP contribution in [0, 0.1) is 3.57 Å². The Morgan fingerprint density at radius 1 is 1.29 bits per heavy atom. The van der Waals surface area contributed by atoms with Crippen LogP contribution in [-0.4, -0.2) is 37.0 Å². The zero-order chi connectivity index (χ0) is 14.7. The number of rotatable bonds is 3. The first-order valence-electron chi connectivity index (χ1n) is 7.12. The largest absolute Gasteiger partial charge is 0.328 e. The Kier molecular flexibility index (Phi) is 4.92. The highest BCUT2D eigenvalue weighted by Crippen LogP contribution is 2.11. The van der Waals surface area contributed by atoms with Crippen molar-refractivity contribution in [3.8, 4) is 0 Å². The third kappa shape index (κ3) is 3.84. The lowest BCUT2D eigenvalue weighted by molar-refractivity contribution is -0.917. The molecule has 1 fully saturated rings. The summed E-state index contributed by atoms with van der Waals surface area (Å²) in [6.45, 7) is 4.85. The molecule has 0 bridgehead atoms. The maximum absolute atomic E-state index is 12.5. The lowest BCUT2D eigenvalue weighted by Gasteiger charge is -2.32. The van der Waals surface area contributed by atoms with Gasteiger partial charge in [-0.2, -0.15) is 11.3 Å². The Labute approximate surface area is 142 Å². The zero-order valence-corrected chi connectivity index (χ0v) is 14.7. The number of quaternary nitrogens is 1. The van der Waals surface area contributed by atoms with Crippen molar-refractivity contribution in [2.24, 2.45) is 0 Å². The fourth-order valence-electron chi connectivity index (χ4n) is 2.69. The highest BCUT2D eigenvalue weighted by atomic mass is 127. The molecule has 2 aromatic rings. The molecule has 0 unspecified atom stereocenters. The van der Waals surface area contributed by atoms with Gasteiger partial charge in [-0.15, -0.1) is 0 Å². The molecular formula is C16H18IN2OS+. The normalized spacial score (nSPS) is 16.1. The second-order valence-corrected chi connectivity index (χ2v) is 7.39.